The predicted molar refractivity (Wildman–Crippen MR) is 184 cm³/mol. The predicted octanol–water partition coefficient (Wildman–Crippen LogP) is 11.9. The van der Waals surface area contributed by atoms with E-state index in [0.29, 0.717) is 0 Å². The first-order valence-electron chi connectivity index (χ1n) is 14.6. The van der Waals surface area contributed by atoms with Crippen LogP contribution in [0.25, 0.3) is 74.8 Å². The van der Waals surface area contributed by atoms with Gasteiger partial charge in [0.15, 0.2) is 11.4 Å². The number of hydrogen-bond acceptors (Lipinski definition) is 5. The molecule has 4 aromatic heterocycles. The van der Waals surface area contributed by atoms with Crippen LogP contribution in [-0.2, 0) is 0 Å². The lowest BCUT2D eigenvalue weighted by Crippen LogP contribution is -2.11. The molecule has 0 aliphatic heterocycles. The van der Waals surface area contributed by atoms with E-state index in [0.717, 1.165) is 71.8 Å². The topological polar surface area (TPSA) is 42.4 Å². The van der Waals surface area contributed by atoms with Crippen molar-refractivity contribution in [3.63, 3.8) is 0 Å². The average molecular weight is 583 g/mol. The molecule has 10 aromatic rings. The average Bonchev–Trinajstić information content (AvgIpc) is 3.76. The van der Waals surface area contributed by atoms with Crippen molar-refractivity contribution < 1.29 is 8.83 Å². The molecule has 0 aliphatic carbocycles. The van der Waals surface area contributed by atoms with Gasteiger partial charge in [0.05, 0.1) is 0 Å². The summed E-state index contributed by atoms with van der Waals surface area (Å²) in [7, 11) is 0. The van der Waals surface area contributed by atoms with Gasteiger partial charge in [0.1, 0.15) is 16.7 Å². The molecule has 0 atom stereocenters. The van der Waals surface area contributed by atoms with Crippen LogP contribution in [0, 0.1) is 0 Å². The van der Waals surface area contributed by atoms with Crippen LogP contribution < -0.4 is 4.90 Å². The minimum atomic E-state index is 0.744. The van der Waals surface area contributed by atoms with Gasteiger partial charge in [-0.2, -0.15) is 0 Å². The molecule has 0 radical (unpaired) electrons. The Kier molecular flexibility index (Phi) is 4.84. The Morgan fingerprint density at radius 1 is 0.477 bits per heavy atom. The molecule has 0 amide bonds. The number of hydrogen-bond donors (Lipinski definition) is 0. The fraction of sp³-hybridized carbons (Fsp3) is 0. The highest BCUT2D eigenvalue weighted by atomic mass is 32.1. The molecule has 0 spiro atoms. The SMILES string of the molecule is c1ccc2c(c1)ccc1c3ccnc(N(c4ccc5oc6ccccc6c5c4)c4ccc5sc6ccccc6c5c4)c3oc21. The molecular weight excluding hydrogens is 561 g/mol. The summed E-state index contributed by atoms with van der Waals surface area (Å²) in [4.78, 5) is 7.23. The van der Waals surface area contributed by atoms with Gasteiger partial charge >= 0.3 is 0 Å². The minimum absolute atomic E-state index is 0.744. The van der Waals surface area contributed by atoms with Crippen molar-refractivity contribution in [2.24, 2.45) is 0 Å². The molecule has 4 heterocycles. The number of rotatable bonds is 3. The zero-order valence-electron chi connectivity index (χ0n) is 23.3. The van der Waals surface area contributed by atoms with E-state index >= 15 is 0 Å². The third kappa shape index (κ3) is 3.36. The van der Waals surface area contributed by atoms with Gasteiger partial charge in [0, 0.05) is 64.7 Å². The first-order chi connectivity index (χ1) is 21.8. The van der Waals surface area contributed by atoms with Gasteiger partial charge in [0.25, 0.3) is 0 Å². The number of anilines is 3. The van der Waals surface area contributed by atoms with Crippen LogP contribution in [0.15, 0.2) is 142 Å². The number of nitrogens with zero attached hydrogens (tertiary/aromatic N) is 2. The lowest BCUT2D eigenvalue weighted by Gasteiger charge is -2.24. The number of fused-ring (bicyclic) bond motifs is 11. The third-order valence-electron chi connectivity index (χ3n) is 8.71. The van der Waals surface area contributed by atoms with E-state index in [1.54, 1.807) is 0 Å². The summed E-state index contributed by atoms with van der Waals surface area (Å²) >= 11 is 1.82. The van der Waals surface area contributed by atoms with Crippen molar-refractivity contribution in [2.45, 2.75) is 0 Å². The van der Waals surface area contributed by atoms with Gasteiger partial charge in [-0.05, 0) is 66.0 Å². The standard InChI is InChI=1S/C39H22N2O2S/c1-2-8-26-23(7-1)13-16-29-30-19-20-40-39(38(30)43-37(26)29)41(24-14-17-34-31(21-24)27-9-3-5-11-33(27)42-34)25-15-18-36-32(22-25)28-10-4-6-12-35(28)44-36/h1-22H. The first kappa shape index (κ1) is 23.9. The highest BCUT2D eigenvalue weighted by Gasteiger charge is 2.23. The van der Waals surface area contributed by atoms with E-state index in [1.165, 1.54) is 20.2 Å². The van der Waals surface area contributed by atoms with Crippen LogP contribution in [0.4, 0.5) is 17.2 Å². The lowest BCUT2D eigenvalue weighted by molar-refractivity contribution is 0.669. The molecule has 10 rings (SSSR count). The molecule has 206 valence electrons. The summed E-state index contributed by atoms with van der Waals surface area (Å²) in [6.45, 7) is 0. The van der Waals surface area contributed by atoms with E-state index < -0.39 is 0 Å². The number of para-hydroxylation sites is 1. The Hall–Kier alpha value is -5.65. The summed E-state index contributed by atoms with van der Waals surface area (Å²) in [5.74, 6) is 0.744. The van der Waals surface area contributed by atoms with E-state index in [-0.39, 0.29) is 0 Å². The van der Waals surface area contributed by atoms with Gasteiger partial charge in [-0.25, -0.2) is 4.98 Å². The highest BCUT2D eigenvalue weighted by Crippen LogP contribution is 2.45. The van der Waals surface area contributed by atoms with Gasteiger partial charge < -0.3 is 8.83 Å². The summed E-state index contributed by atoms with van der Waals surface area (Å²) in [6, 6.07) is 44.6. The summed E-state index contributed by atoms with van der Waals surface area (Å²) < 4.78 is 15.5. The molecule has 0 saturated heterocycles. The highest BCUT2D eigenvalue weighted by molar-refractivity contribution is 7.25. The molecule has 5 heteroatoms. The van der Waals surface area contributed by atoms with Crippen LogP contribution in [-0.4, -0.2) is 4.98 Å². The fourth-order valence-corrected chi connectivity index (χ4v) is 7.76. The van der Waals surface area contributed by atoms with E-state index in [1.807, 2.05) is 29.7 Å². The van der Waals surface area contributed by atoms with Crippen molar-refractivity contribution in [3.05, 3.63) is 134 Å². The molecule has 0 bridgehead atoms. The number of pyridine rings is 1. The van der Waals surface area contributed by atoms with E-state index in [2.05, 4.69) is 120 Å². The summed E-state index contributed by atoms with van der Waals surface area (Å²) in [6.07, 6.45) is 1.89. The molecule has 4 nitrogen and oxygen atoms in total. The van der Waals surface area contributed by atoms with Crippen LogP contribution in [0.2, 0.25) is 0 Å². The van der Waals surface area contributed by atoms with Crippen molar-refractivity contribution in [1.82, 2.24) is 4.98 Å². The van der Waals surface area contributed by atoms with Gasteiger partial charge in [0.2, 0.25) is 0 Å². The van der Waals surface area contributed by atoms with Crippen LogP contribution in [0.5, 0.6) is 0 Å². The van der Waals surface area contributed by atoms with E-state index in [4.69, 9.17) is 13.8 Å². The maximum Gasteiger partial charge on any atom is 0.181 e. The monoisotopic (exact) mass is 582 g/mol. The molecule has 44 heavy (non-hydrogen) atoms. The van der Waals surface area contributed by atoms with Crippen LogP contribution in [0.3, 0.4) is 0 Å². The summed E-state index contributed by atoms with van der Waals surface area (Å²) in [5, 5.41) is 9.00. The molecule has 0 unspecified atom stereocenters. The van der Waals surface area contributed by atoms with Gasteiger partial charge in [-0.1, -0.05) is 66.7 Å². The number of thiophene rings is 1. The Morgan fingerprint density at radius 3 is 2.11 bits per heavy atom. The van der Waals surface area contributed by atoms with Crippen LogP contribution in [0.1, 0.15) is 0 Å². The Bertz CT molecular complexity index is 2640. The number of furan rings is 2. The second-order valence-corrected chi connectivity index (χ2v) is 12.3. The Balaban J connectivity index is 1.29. The normalized spacial score (nSPS) is 12.1. The van der Waals surface area contributed by atoms with Crippen molar-refractivity contribution in [3.8, 4) is 0 Å². The number of benzene rings is 6. The zero-order valence-corrected chi connectivity index (χ0v) is 24.1. The molecule has 0 saturated carbocycles. The van der Waals surface area contributed by atoms with Crippen molar-refractivity contribution >= 4 is 103 Å². The molecule has 6 aromatic carbocycles. The van der Waals surface area contributed by atoms with Gasteiger partial charge in [-0.15, -0.1) is 11.3 Å². The quantitative estimate of drug-likeness (QED) is 0.208. The first-order valence-corrected chi connectivity index (χ1v) is 15.4. The van der Waals surface area contributed by atoms with Crippen molar-refractivity contribution in [1.29, 1.82) is 0 Å². The second-order valence-electron chi connectivity index (χ2n) is 11.2. The maximum absolute atomic E-state index is 6.79. The second kappa shape index (κ2) is 8.93. The fourth-order valence-electron chi connectivity index (χ4n) is 6.68. The van der Waals surface area contributed by atoms with Crippen molar-refractivity contribution in [2.75, 3.05) is 4.90 Å². The van der Waals surface area contributed by atoms with Gasteiger partial charge in [-0.3, -0.25) is 4.90 Å². The Labute approximate surface area is 255 Å². The van der Waals surface area contributed by atoms with Crippen LogP contribution >= 0.6 is 11.3 Å². The molecule has 0 N–H and O–H groups in total. The molecular formula is C39H22N2O2S. The summed E-state index contributed by atoms with van der Waals surface area (Å²) in [5.41, 5.74) is 5.36. The minimum Gasteiger partial charge on any atom is -0.456 e. The third-order valence-corrected chi connectivity index (χ3v) is 9.86. The van der Waals surface area contributed by atoms with E-state index in [9.17, 15) is 0 Å². The molecule has 0 aliphatic rings. The Morgan fingerprint density at radius 2 is 1.18 bits per heavy atom. The number of aromatic nitrogens is 1. The largest absolute Gasteiger partial charge is 0.456 e. The zero-order chi connectivity index (χ0) is 28.8. The smallest absolute Gasteiger partial charge is 0.181 e. The molecule has 0 fully saturated rings. The maximum atomic E-state index is 6.79. The lowest BCUT2D eigenvalue weighted by atomic mass is 10.1.